The molecule has 2 heterocycles. The average Bonchev–Trinajstić information content (AvgIpc) is 3.12. The van der Waals surface area contributed by atoms with Gasteiger partial charge in [-0.05, 0) is 47.9 Å². The van der Waals surface area contributed by atoms with Crippen LogP contribution in [0, 0.1) is 0 Å². The van der Waals surface area contributed by atoms with Crippen molar-refractivity contribution in [2.75, 3.05) is 5.32 Å². The first-order chi connectivity index (χ1) is 13.7. The van der Waals surface area contributed by atoms with Gasteiger partial charge in [0.1, 0.15) is 0 Å². The maximum Gasteiger partial charge on any atom is 0.0464 e. The number of benzene rings is 4. The highest BCUT2D eigenvalue weighted by atomic mass is 32.1. The van der Waals surface area contributed by atoms with Crippen LogP contribution in [0.3, 0.4) is 0 Å². The molecule has 28 heavy (non-hydrogen) atoms. The van der Waals surface area contributed by atoms with E-state index in [-0.39, 0.29) is 5.41 Å². The van der Waals surface area contributed by atoms with Gasteiger partial charge < -0.3 is 5.32 Å². The van der Waals surface area contributed by atoms with Crippen molar-refractivity contribution in [1.82, 2.24) is 0 Å². The van der Waals surface area contributed by atoms with Crippen molar-refractivity contribution in [3.05, 3.63) is 108 Å². The predicted octanol–water partition coefficient (Wildman–Crippen LogP) is 7.47. The second kappa shape index (κ2) is 5.70. The molecule has 4 aromatic carbocycles. The van der Waals surface area contributed by atoms with Gasteiger partial charge in [0.25, 0.3) is 0 Å². The molecule has 0 unspecified atom stereocenters. The summed E-state index contributed by atoms with van der Waals surface area (Å²) in [7, 11) is 0. The number of nitrogens with one attached hydrogen (secondary N) is 1. The maximum absolute atomic E-state index is 3.63. The molecule has 2 heteroatoms. The minimum atomic E-state index is -0.192. The van der Waals surface area contributed by atoms with Crippen LogP contribution in [-0.2, 0) is 5.41 Å². The van der Waals surface area contributed by atoms with Crippen LogP contribution in [0.4, 0.5) is 11.4 Å². The number of hydrogen-bond acceptors (Lipinski definition) is 2. The summed E-state index contributed by atoms with van der Waals surface area (Å²) in [5.74, 6) is 0. The van der Waals surface area contributed by atoms with Crippen molar-refractivity contribution in [3.63, 3.8) is 0 Å². The molecular weight excluding hydrogens is 358 g/mol. The number of para-hydroxylation sites is 2. The van der Waals surface area contributed by atoms with Crippen molar-refractivity contribution < 1.29 is 0 Å². The second-order valence-corrected chi connectivity index (χ2v) is 8.73. The van der Waals surface area contributed by atoms with Crippen LogP contribution in [0.15, 0.2) is 91.0 Å². The molecule has 0 aliphatic carbocycles. The van der Waals surface area contributed by atoms with Crippen molar-refractivity contribution in [2.24, 2.45) is 0 Å². The number of hydrogen-bond donors (Lipinski definition) is 1. The third kappa shape index (κ3) is 2.07. The monoisotopic (exact) mass is 377 g/mol. The van der Waals surface area contributed by atoms with E-state index in [2.05, 4.69) is 103 Å². The third-order valence-corrected chi connectivity index (χ3v) is 7.29. The fourth-order valence-electron chi connectivity index (χ4n) is 4.69. The van der Waals surface area contributed by atoms with E-state index in [4.69, 9.17) is 0 Å². The van der Waals surface area contributed by atoms with Crippen LogP contribution < -0.4 is 5.32 Å². The van der Waals surface area contributed by atoms with Crippen LogP contribution in [0.25, 0.3) is 20.2 Å². The summed E-state index contributed by atoms with van der Waals surface area (Å²) in [4.78, 5) is 0. The van der Waals surface area contributed by atoms with E-state index in [0.29, 0.717) is 0 Å². The quantitative estimate of drug-likeness (QED) is 0.319. The molecule has 134 valence electrons. The van der Waals surface area contributed by atoms with Crippen molar-refractivity contribution in [1.29, 1.82) is 0 Å². The minimum absolute atomic E-state index is 0.192. The van der Waals surface area contributed by atoms with Crippen LogP contribution in [0.2, 0.25) is 0 Å². The molecule has 1 N–H and O–H groups in total. The fourth-order valence-corrected chi connectivity index (χ4v) is 5.84. The Bertz CT molecular complexity index is 1320. The highest BCUT2D eigenvalue weighted by molar-refractivity contribution is 7.25. The molecule has 1 aliphatic heterocycles. The summed E-state index contributed by atoms with van der Waals surface area (Å²) in [6.07, 6.45) is 0. The molecular formula is C26H19NS. The zero-order valence-electron chi connectivity index (χ0n) is 15.6. The molecule has 0 saturated heterocycles. The SMILES string of the molecule is CC1(c2ccc3c(c2)sc2ccccc23)c2ccccc2Nc2ccccc21. The van der Waals surface area contributed by atoms with Crippen LogP contribution in [0.1, 0.15) is 23.6 Å². The normalized spacial score (nSPS) is 14.5. The molecule has 0 bridgehead atoms. The Balaban J connectivity index is 1.66. The maximum atomic E-state index is 3.63. The second-order valence-electron chi connectivity index (χ2n) is 7.65. The van der Waals surface area contributed by atoms with Gasteiger partial charge in [-0.15, -0.1) is 11.3 Å². The van der Waals surface area contributed by atoms with Gasteiger partial charge in [-0.2, -0.15) is 0 Å². The van der Waals surface area contributed by atoms with Gasteiger partial charge in [-0.25, -0.2) is 0 Å². The zero-order chi connectivity index (χ0) is 18.7. The standard InChI is InChI=1S/C26H19NS/c1-26(17-14-15-19-18-8-2-7-13-24(18)28-25(19)16-17)20-9-3-5-11-22(20)27-23-12-6-4-10-21(23)26/h2-16,27H,1H3. The van der Waals surface area contributed by atoms with E-state index in [0.717, 1.165) is 0 Å². The van der Waals surface area contributed by atoms with Crippen molar-refractivity contribution in [3.8, 4) is 0 Å². The van der Waals surface area contributed by atoms with Crippen LogP contribution >= 0.6 is 11.3 Å². The first-order valence-corrected chi connectivity index (χ1v) is 10.4. The molecule has 0 saturated carbocycles. The first kappa shape index (κ1) is 15.9. The molecule has 1 nitrogen and oxygen atoms in total. The van der Waals surface area contributed by atoms with Gasteiger partial charge in [0, 0.05) is 37.0 Å². The third-order valence-electron chi connectivity index (χ3n) is 6.16. The highest BCUT2D eigenvalue weighted by Gasteiger charge is 2.38. The Labute approximate surface area is 168 Å². The van der Waals surface area contributed by atoms with E-state index in [1.54, 1.807) is 0 Å². The summed E-state index contributed by atoms with van der Waals surface area (Å²) >= 11 is 1.89. The summed E-state index contributed by atoms with van der Waals surface area (Å²) < 4.78 is 2.71. The summed E-state index contributed by atoms with van der Waals surface area (Å²) in [6, 6.07) is 33.1. The van der Waals surface area contributed by atoms with E-state index in [9.17, 15) is 0 Å². The first-order valence-electron chi connectivity index (χ1n) is 9.63. The Morgan fingerprint density at radius 3 is 2.00 bits per heavy atom. The molecule has 0 atom stereocenters. The number of thiophene rings is 1. The zero-order valence-corrected chi connectivity index (χ0v) is 16.4. The lowest BCUT2D eigenvalue weighted by molar-refractivity contribution is 0.690. The fraction of sp³-hybridized carbons (Fsp3) is 0.0769. The highest BCUT2D eigenvalue weighted by Crippen LogP contribution is 2.50. The Morgan fingerprint density at radius 2 is 1.25 bits per heavy atom. The predicted molar refractivity (Wildman–Crippen MR) is 121 cm³/mol. The summed E-state index contributed by atoms with van der Waals surface area (Å²) in [5, 5.41) is 6.33. The van der Waals surface area contributed by atoms with Gasteiger partial charge in [0.05, 0.1) is 0 Å². The molecule has 1 aliphatic rings. The van der Waals surface area contributed by atoms with Gasteiger partial charge in [-0.1, -0.05) is 66.7 Å². The van der Waals surface area contributed by atoms with E-state index >= 15 is 0 Å². The van der Waals surface area contributed by atoms with E-state index < -0.39 is 0 Å². The van der Waals surface area contributed by atoms with Gasteiger partial charge in [0.2, 0.25) is 0 Å². The average molecular weight is 378 g/mol. The molecule has 0 radical (unpaired) electrons. The van der Waals surface area contributed by atoms with Crippen LogP contribution in [0.5, 0.6) is 0 Å². The van der Waals surface area contributed by atoms with Gasteiger partial charge in [0.15, 0.2) is 0 Å². The lowest BCUT2D eigenvalue weighted by atomic mass is 9.68. The molecule has 5 aromatic rings. The van der Waals surface area contributed by atoms with Gasteiger partial charge >= 0.3 is 0 Å². The Kier molecular flexibility index (Phi) is 3.24. The number of fused-ring (bicyclic) bond motifs is 5. The Morgan fingerprint density at radius 1 is 0.643 bits per heavy atom. The molecule has 1 aromatic heterocycles. The largest absolute Gasteiger partial charge is 0.355 e. The molecule has 6 rings (SSSR count). The molecule has 0 spiro atoms. The topological polar surface area (TPSA) is 12.0 Å². The Hall–Kier alpha value is -3.10. The molecule has 0 fully saturated rings. The lowest BCUT2D eigenvalue weighted by Crippen LogP contribution is -2.30. The number of rotatable bonds is 1. The van der Waals surface area contributed by atoms with Gasteiger partial charge in [-0.3, -0.25) is 0 Å². The summed E-state index contributed by atoms with van der Waals surface area (Å²) in [5.41, 5.74) is 6.19. The lowest BCUT2D eigenvalue weighted by Gasteiger charge is -2.39. The van der Waals surface area contributed by atoms with Crippen molar-refractivity contribution in [2.45, 2.75) is 12.3 Å². The van der Waals surface area contributed by atoms with E-state index in [1.165, 1.54) is 48.2 Å². The molecule has 0 amide bonds. The van der Waals surface area contributed by atoms with E-state index in [1.807, 2.05) is 11.3 Å². The van der Waals surface area contributed by atoms with Crippen molar-refractivity contribution >= 4 is 42.9 Å². The smallest absolute Gasteiger partial charge is 0.0464 e. The minimum Gasteiger partial charge on any atom is -0.355 e. The number of anilines is 2. The summed E-state index contributed by atoms with van der Waals surface area (Å²) in [6.45, 7) is 2.36. The van der Waals surface area contributed by atoms with Crippen LogP contribution in [-0.4, -0.2) is 0 Å².